The lowest BCUT2D eigenvalue weighted by atomic mass is 9.91. The summed E-state index contributed by atoms with van der Waals surface area (Å²) in [6.45, 7) is 4.65. The summed E-state index contributed by atoms with van der Waals surface area (Å²) in [5.41, 5.74) is 1.31. The third-order valence-electron chi connectivity index (χ3n) is 4.90. The minimum absolute atomic E-state index is 0. The van der Waals surface area contributed by atoms with Crippen LogP contribution < -0.4 is 0 Å². The van der Waals surface area contributed by atoms with Gasteiger partial charge < -0.3 is 9.47 Å². The topological polar surface area (TPSA) is 21.7 Å². The van der Waals surface area contributed by atoms with Crippen LogP contribution in [0.15, 0.2) is 27.1 Å². The summed E-state index contributed by atoms with van der Waals surface area (Å²) in [5.74, 6) is 0. The first kappa shape index (κ1) is 20.7. The first-order chi connectivity index (χ1) is 11.2. The molecule has 3 rings (SSSR count). The van der Waals surface area contributed by atoms with Crippen LogP contribution in [-0.4, -0.2) is 50.0 Å². The number of rotatable bonds is 5. The van der Waals surface area contributed by atoms with Gasteiger partial charge in [0, 0.05) is 28.1 Å². The molecule has 0 spiro atoms. The van der Waals surface area contributed by atoms with E-state index in [0.29, 0.717) is 12.1 Å². The maximum atomic E-state index is 6.32. The van der Waals surface area contributed by atoms with Crippen molar-refractivity contribution in [2.75, 3.05) is 32.9 Å². The Labute approximate surface area is 168 Å². The zero-order valence-corrected chi connectivity index (χ0v) is 17.9. The molecule has 0 amide bonds. The predicted octanol–water partition coefficient (Wildman–Crippen LogP) is 4.84. The SMILES string of the molecule is Brc1ccc(CCO[C@@H]2CCCC[C@H]2N2CCOCC2)c(Br)c1.Cl. The Morgan fingerprint density at radius 1 is 1.12 bits per heavy atom. The van der Waals surface area contributed by atoms with E-state index in [2.05, 4.69) is 55.0 Å². The molecule has 2 aliphatic rings. The van der Waals surface area contributed by atoms with Crippen LogP contribution in [0.3, 0.4) is 0 Å². The van der Waals surface area contributed by atoms with Gasteiger partial charge in [0.2, 0.25) is 0 Å². The molecule has 1 aromatic carbocycles. The fourth-order valence-electron chi connectivity index (χ4n) is 3.64. The molecule has 1 aliphatic heterocycles. The molecule has 0 radical (unpaired) electrons. The second kappa shape index (κ2) is 10.5. The molecule has 2 fully saturated rings. The standard InChI is InChI=1S/C18H25Br2NO2.ClH/c19-15-6-5-14(16(20)13-15)7-10-23-18-4-2-1-3-17(18)21-8-11-22-12-9-21;/h5-6,13,17-18H,1-4,7-12H2;1H/t17-,18-;/m1./s1. The van der Waals surface area contributed by atoms with E-state index in [1.54, 1.807) is 0 Å². The average Bonchev–Trinajstić information content (AvgIpc) is 2.58. The third kappa shape index (κ3) is 5.68. The van der Waals surface area contributed by atoms with Gasteiger partial charge in [0.15, 0.2) is 0 Å². The van der Waals surface area contributed by atoms with Crippen molar-refractivity contribution >= 4 is 44.3 Å². The first-order valence-corrected chi connectivity index (χ1v) is 10.2. The van der Waals surface area contributed by atoms with Crippen LogP contribution in [0.25, 0.3) is 0 Å². The minimum Gasteiger partial charge on any atom is -0.379 e. The normalized spacial score (nSPS) is 25.2. The molecule has 0 unspecified atom stereocenters. The molecule has 1 aromatic rings. The van der Waals surface area contributed by atoms with Crippen LogP contribution in [-0.2, 0) is 15.9 Å². The third-order valence-corrected chi connectivity index (χ3v) is 6.13. The molecule has 3 nitrogen and oxygen atoms in total. The van der Waals surface area contributed by atoms with E-state index in [0.717, 1.165) is 48.3 Å². The number of benzene rings is 1. The lowest BCUT2D eigenvalue weighted by Gasteiger charge is -2.41. The van der Waals surface area contributed by atoms with Crippen molar-refractivity contribution in [3.8, 4) is 0 Å². The smallest absolute Gasteiger partial charge is 0.0730 e. The largest absolute Gasteiger partial charge is 0.379 e. The van der Waals surface area contributed by atoms with Crippen LogP contribution in [0, 0.1) is 0 Å². The van der Waals surface area contributed by atoms with Gasteiger partial charge in [0.1, 0.15) is 0 Å². The van der Waals surface area contributed by atoms with Gasteiger partial charge in [0.25, 0.3) is 0 Å². The molecule has 1 heterocycles. The van der Waals surface area contributed by atoms with Crippen molar-refractivity contribution in [1.82, 2.24) is 4.90 Å². The molecule has 2 atom stereocenters. The van der Waals surface area contributed by atoms with Crippen LogP contribution in [0.1, 0.15) is 31.2 Å². The number of nitrogens with zero attached hydrogens (tertiary/aromatic N) is 1. The fraction of sp³-hybridized carbons (Fsp3) is 0.667. The van der Waals surface area contributed by atoms with Crippen LogP contribution >= 0.6 is 44.3 Å². The zero-order chi connectivity index (χ0) is 16.1. The van der Waals surface area contributed by atoms with E-state index in [4.69, 9.17) is 9.47 Å². The van der Waals surface area contributed by atoms with Crippen LogP contribution in [0.5, 0.6) is 0 Å². The lowest BCUT2D eigenvalue weighted by Crippen LogP contribution is -2.51. The van der Waals surface area contributed by atoms with Gasteiger partial charge in [-0.3, -0.25) is 4.90 Å². The Bertz CT molecular complexity index is 512. The second-order valence-corrected chi connectivity index (χ2v) is 8.17. The van der Waals surface area contributed by atoms with E-state index < -0.39 is 0 Å². The van der Waals surface area contributed by atoms with Crippen molar-refractivity contribution in [1.29, 1.82) is 0 Å². The zero-order valence-electron chi connectivity index (χ0n) is 13.9. The summed E-state index contributed by atoms with van der Waals surface area (Å²) in [5, 5.41) is 0. The Hall–Kier alpha value is 0.350. The maximum absolute atomic E-state index is 6.32. The van der Waals surface area contributed by atoms with Crippen molar-refractivity contribution < 1.29 is 9.47 Å². The van der Waals surface area contributed by atoms with Crippen molar-refractivity contribution in [3.63, 3.8) is 0 Å². The molecule has 0 aromatic heterocycles. The summed E-state index contributed by atoms with van der Waals surface area (Å²) in [6.07, 6.45) is 6.44. The molecule has 6 heteroatoms. The summed E-state index contributed by atoms with van der Waals surface area (Å²) < 4.78 is 14.1. The molecule has 0 N–H and O–H groups in total. The summed E-state index contributed by atoms with van der Waals surface area (Å²) >= 11 is 7.14. The summed E-state index contributed by atoms with van der Waals surface area (Å²) in [7, 11) is 0. The maximum Gasteiger partial charge on any atom is 0.0730 e. The van der Waals surface area contributed by atoms with E-state index in [1.165, 1.54) is 31.2 Å². The van der Waals surface area contributed by atoms with Crippen molar-refractivity contribution in [3.05, 3.63) is 32.7 Å². The molecular formula is C18H26Br2ClNO2. The molecule has 24 heavy (non-hydrogen) atoms. The van der Waals surface area contributed by atoms with Gasteiger partial charge >= 0.3 is 0 Å². The van der Waals surface area contributed by atoms with Crippen LogP contribution in [0.4, 0.5) is 0 Å². The predicted molar refractivity (Wildman–Crippen MR) is 107 cm³/mol. The number of hydrogen-bond donors (Lipinski definition) is 0. The van der Waals surface area contributed by atoms with E-state index in [9.17, 15) is 0 Å². The van der Waals surface area contributed by atoms with Gasteiger partial charge in [-0.05, 0) is 37.0 Å². The molecular weight excluding hydrogens is 457 g/mol. The monoisotopic (exact) mass is 481 g/mol. The highest BCUT2D eigenvalue weighted by molar-refractivity contribution is 9.11. The number of morpholine rings is 1. The Morgan fingerprint density at radius 2 is 1.88 bits per heavy atom. The highest BCUT2D eigenvalue weighted by Gasteiger charge is 2.31. The van der Waals surface area contributed by atoms with E-state index in [1.807, 2.05) is 0 Å². The average molecular weight is 484 g/mol. The first-order valence-electron chi connectivity index (χ1n) is 8.61. The Morgan fingerprint density at radius 3 is 2.62 bits per heavy atom. The van der Waals surface area contributed by atoms with E-state index in [-0.39, 0.29) is 12.4 Å². The molecule has 1 aliphatic carbocycles. The molecule has 136 valence electrons. The quantitative estimate of drug-likeness (QED) is 0.599. The van der Waals surface area contributed by atoms with Crippen molar-refractivity contribution in [2.24, 2.45) is 0 Å². The van der Waals surface area contributed by atoms with Gasteiger partial charge in [0.05, 0.1) is 25.9 Å². The summed E-state index contributed by atoms with van der Waals surface area (Å²) in [4.78, 5) is 2.59. The highest BCUT2D eigenvalue weighted by atomic mass is 79.9. The number of ether oxygens (including phenoxy) is 2. The van der Waals surface area contributed by atoms with Gasteiger partial charge in [-0.1, -0.05) is 50.8 Å². The van der Waals surface area contributed by atoms with Crippen LogP contribution in [0.2, 0.25) is 0 Å². The van der Waals surface area contributed by atoms with E-state index >= 15 is 0 Å². The highest BCUT2D eigenvalue weighted by Crippen LogP contribution is 2.27. The Balaban J connectivity index is 0.00000208. The van der Waals surface area contributed by atoms with Gasteiger partial charge in [-0.15, -0.1) is 12.4 Å². The van der Waals surface area contributed by atoms with Gasteiger partial charge in [-0.2, -0.15) is 0 Å². The minimum atomic E-state index is 0. The number of halogens is 3. The van der Waals surface area contributed by atoms with Crippen molar-refractivity contribution in [2.45, 2.75) is 44.2 Å². The molecule has 1 saturated heterocycles. The molecule has 0 bridgehead atoms. The number of hydrogen-bond acceptors (Lipinski definition) is 3. The summed E-state index contributed by atoms with van der Waals surface area (Å²) in [6, 6.07) is 6.95. The Kier molecular flexibility index (Phi) is 9.03. The molecule has 1 saturated carbocycles. The van der Waals surface area contributed by atoms with Gasteiger partial charge in [-0.25, -0.2) is 0 Å². The second-order valence-electron chi connectivity index (χ2n) is 6.40. The lowest BCUT2D eigenvalue weighted by molar-refractivity contribution is -0.0647. The fourth-order valence-corrected chi connectivity index (χ4v) is 4.89.